The van der Waals surface area contributed by atoms with E-state index in [9.17, 15) is 9.18 Å². The highest BCUT2D eigenvalue weighted by atomic mass is 19.1. The van der Waals surface area contributed by atoms with Gasteiger partial charge in [-0.25, -0.2) is 4.39 Å². The van der Waals surface area contributed by atoms with E-state index in [4.69, 9.17) is 5.26 Å². The Morgan fingerprint density at radius 3 is 2.84 bits per heavy atom. The van der Waals surface area contributed by atoms with Gasteiger partial charge in [-0.3, -0.25) is 4.79 Å². The van der Waals surface area contributed by atoms with Crippen LogP contribution in [0.15, 0.2) is 42.5 Å². The van der Waals surface area contributed by atoms with Crippen LogP contribution in [-0.2, 0) is 19.9 Å². The van der Waals surface area contributed by atoms with Gasteiger partial charge in [-0.1, -0.05) is 37.6 Å². The van der Waals surface area contributed by atoms with Crippen LogP contribution in [0.25, 0.3) is 11.4 Å². The average Bonchev–Trinajstić information content (AvgIpc) is 3.31. The van der Waals surface area contributed by atoms with Gasteiger partial charge >= 0.3 is 0 Å². The number of benzene rings is 2. The third kappa shape index (κ3) is 6.41. The normalized spacial score (nSPS) is 14.8. The third-order valence-corrected chi connectivity index (χ3v) is 7.16. The quantitative estimate of drug-likeness (QED) is 0.385. The number of hydrogen-bond acceptors (Lipinski definition) is 5. The van der Waals surface area contributed by atoms with Crippen LogP contribution in [0.1, 0.15) is 66.3 Å². The Morgan fingerprint density at radius 1 is 1.19 bits per heavy atom. The Labute approximate surface area is 218 Å². The second kappa shape index (κ2) is 12.6. The van der Waals surface area contributed by atoms with E-state index in [0.717, 1.165) is 74.7 Å². The minimum atomic E-state index is -0.251. The Kier molecular flexibility index (Phi) is 9.02. The number of carbonyl (C=O) groups excluding carboxylic acids is 1. The van der Waals surface area contributed by atoms with Crippen LogP contribution in [0.4, 0.5) is 4.39 Å². The maximum Gasteiger partial charge on any atom is 0.289 e. The van der Waals surface area contributed by atoms with Gasteiger partial charge in [-0.15, -0.1) is 10.2 Å². The van der Waals surface area contributed by atoms with Crippen LogP contribution < -0.4 is 5.32 Å². The van der Waals surface area contributed by atoms with Crippen molar-refractivity contribution in [2.45, 2.75) is 57.9 Å². The third-order valence-electron chi connectivity index (χ3n) is 7.16. The lowest BCUT2D eigenvalue weighted by Gasteiger charge is -2.35. The molecule has 0 spiro atoms. The molecule has 8 heteroatoms. The van der Waals surface area contributed by atoms with Crippen molar-refractivity contribution in [2.75, 3.05) is 19.6 Å². The molecule has 1 atom stereocenters. The number of rotatable bonds is 11. The number of hydrogen-bond donors (Lipinski definition) is 1. The lowest BCUT2D eigenvalue weighted by Crippen LogP contribution is -2.40. The van der Waals surface area contributed by atoms with Crippen molar-refractivity contribution in [2.24, 2.45) is 7.05 Å². The molecule has 0 radical (unpaired) electrons. The van der Waals surface area contributed by atoms with Crippen molar-refractivity contribution in [1.82, 2.24) is 25.0 Å². The first-order chi connectivity index (χ1) is 18.0. The zero-order chi connectivity index (χ0) is 26.2. The first kappa shape index (κ1) is 26.5. The highest BCUT2D eigenvalue weighted by molar-refractivity contribution is 5.91. The molecule has 0 saturated heterocycles. The minimum Gasteiger partial charge on any atom is -0.349 e. The molecule has 1 aliphatic rings. The Balaban J connectivity index is 1.22. The molecular weight excluding hydrogens is 467 g/mol. The summed E-state index contributed by atoms with van der Waals surface area (Å²) in [7, 11) is 1.75. The molecule has 7 nitrogen and oxygen atoms in total. The summed E-state index contributed by atoms with van der Waals surface area (Å²) in [6.07, 6.45) is 6.80. The van der Waals surface area contributed by atoms with Crippen LogP contribution in [0.5, 0.6) is 0 Å². The van der Waals surface area contributed by atoms with Crippen molar-refractivity contribution in [3.63, 3.8) is 0 Å². The molecule has 1 N–H and O–H groups in total. The number of amides is 1. The lowest BCUT2D eigenvalue weighted by atomic mass is 9.87. The standard InChI is InChI=1S/C29H35FN6O/c1-3-16-36(24-13-14-25-22(19-24)10-8-12-26(25)30)17-6-4-5-15-32-29(37)28-34-33-27(35(28)2)23-11-7-9-21(18-23)20-31/h7-12,18,24H,3-6,13-17,19H2,1-2H3,(H,32,37). The second-order valence-electron chi connectivity index (χ2n) is 9.73. The molecule has 37 heavy (non-hydrogen) atoms. The maximum absolute atomic E-state index is 14.1. The van der Waals surface area contributed by atoms with Gasteiger partial charge in [0.25, 0.3) is 5.91 Å². The molecule has 1 unspecified atom stereocenters. The zero-order valence-electron chi connectivity index (χ0n) is 21.7. The zero-order valence-corrected chi connectivity index (χ0v) is 21.7. The van der Waals surface area contributed by atoms with E-state index in [1.807, 2.05) is 12.1 Å². The predicted octanol–water partition coefficient (Wildman–Crippen LogP) is 4.66. The van der Waals surface area contributed by atoms with Gasteiger partial charge in [0.05, 0.1) is 11.6 Å². The molecule has 1 heterocycles. The number of carbonyl (C=O) groups is 1. The topological polar surface area (TPSA) is 86.8 Å². The molecule has 0 fully saturated rings. The van der Waals surface area contributed by atoms with Crippen LogP contribution in [0.3, 0.4) is 0 Å². The first-order valence-electron chi connectivity index (χ1n) is 13.2. The molecule has 1 aliphatic carbocycles. The van der Waals surface area contributed by atoms with Gasteiger partial charge in [-0.2, -0.15) is 5.26 Å². The van der Waals surface area contributed by atoms with E-state index in [1.165, 1.54) is 0 Å². The summed E-state index contributed by atoms with van der Waals surface area (Å²) in [6, 6.07) is 15.1. The summed E-state index contributed by atoms with van der Waals surface area (Å²) in [4.78, 5) is 15.2. The number of unbranched alkanes of at least 4 members (excludes halogenated alkanes) is 2. The molecule has 4 rings (SSSR count). The summed E-state index contributed by atoms with van der Waals surface area (Å²) in [5, 5.41) is 20.3. The van der Waals surface area contributed by atoms with Gasteiger partial charge in [0.2, 0.25) is 5.82 Å². The van der Waals surface area contributed by atoms with Crippen LogP contribution >= 0.6 is 0 Å². The molecule has 194 valence electrons. The molecule has 0 aliphatic heterocycles. The van der Waals surface area contributed by atoms with Crippen molar-refractivity contribution in [1.29, 1.82) is 5.26 Å². The Hall–Kier alpha value is -3.57. The summed E-state index contributed by atoms with van der Waals surface area (Å²) in [6.45, 7) is 4.86. The van der Waals surface area contributed by atoms with E-state index in [-0.39, 0.29) is 17.5 Å². The fourth-order valence-corrected chi connectivity index (χ4v) is 5.22. The minimum absolute atomic E-state index is 0.0641. The second-order valence-corrected chi connectivity index (χ2v) is 9.73. The number of aromatic nitrogens is 3. The maximum atomic E-state index is 14.1. The van der Waals surface area contributed by atoms with Gasteiger partial charge in [0.1, 0.15) is 5.82 Å². The van der Waals surface area contributed by atoms with E-state index in [2.05, 4.69) is 39.5 Å². The highest BCUT2D eigenvalue weighted by Gasteiger charge is 2.25. The van der Waals surface area contributed by atoms with E-state index >= 15 is 0 Å². The number of nitrogens with one attached hydrogen (secondary N) is 1. The number of nitriles is 1. The largest absolute Gasteiger partial charge is 0.349 e. The van der Waals surface area contributed by atoms with Crippen molar-refractivity contribution in [3.8, 4) is 17.5 Å². The average molecular weight is 503 g/mol. The number of halogens is 1. The Morgan fingerprint density at radius 2 is 2.03 bits per heavy atom. The van der Waals surface area contributed by atoms with Crippen LogP contribution in [0.2, 0.25) is 0 Å². The summed E-state index contributed by atoms with van der Waals surface area (Å²) in [5.41, 5.74) is 3.34. The van der Waals surface area contributed by atoms with E-state index in [0.29, 0.717) is 24.0 Å². The predicted molar refractivity (Wildman–Crippen MR) is 141 cm³/mol. The molecular formula is C29H35FN6O. The van der Waals surface area contributed by atoms with Gasteiger partial charge in [0.15, 0.2) is 5.82 Å². The van der Waals surface area contributed by atoms with Crippen molar-refractivity contribution >= 4 is 5.91 Å². The monoisotopic (exact) mass is 502 g/mol. The highest BCUT2D eigenvalue weighted by Crippen LogP contribution is 2.27. The molecule has 1 aromatic heterocycles. The van der Waals surface area contributed by atoms with E-state index in [1.54, 1.807) is 35.9 Å². The van der Waals surface area contributed by atoms with Crippen molar-refractivity contribution in [3.05, 3.63) is 70.8 Å². The van der Waals surface area contributed by atoms with Gasteiger partial charge in [-0.05, 0) is 80.9 Å². The molecule has 0 bridgehead atoms. The molecule has 0 saturated carbocycles. The van der Waals surface area contributed by atoms with Crippen LogP contribution in [0, 0.1) is 17.1 Å². The summed E-state index contributed by atoms with van der Waals surface area (Å²) < 4.78 is 15.8. The van der Waals surface area contributed by atoms with Crippen LogP contribution in [-0.4, -0.2) is 51.2 Å². The fourth-order valence-electron chi connectivity index (χ4n) is 5.22. The first-order valence-corrected chi connectivity index (χ1v) is 13.2. The molecule has 1 amide bonds. The van der Waals surface area contributed by atoms with E-state index < -0.39 is 0 Å². The smallest absolute Gasteiger partial charge is 0.289 e. The SMILES string of the molecule is CCCN(CCCCCNC(=O)c1nnc(-c2cccc(C#N)c2)n1C)C1CCc2c(F)cccc2C1. The summed E-state index contributed by atoms with van der Waals surface area (Å²) in [5.74, 6) is 0.482. The van der Waals surface area contributed by atoms with Gasteiger partial charge in [0, 0.05) is 25.2 Å². The number of nitrogens with zero attached hydrogens (tertiary/aromatic N) is 5. The Bertz CT molecular complexity index is 1260. The molecule has 2 aromatic carbocycles. The fraction of sp³-hybridized carbons (Fsp3) is 0.448. The van der Waals surface area contributed by atoms with Gasteiger partial charge < -0.3 is 14.8 Å². The van der Waals surface area contributed by atoms with Crippen molar-refractivity contribution < 1.29 is 9.18 Å². The molecule has 3 aromatic rings. The lowest BCUT2D eigenvalue weighted by molar-refractivity contribution is 0.0939. The number of fused-ring (bicyclic) bond motifs is 1. The summed E-state index contributed by atoms with van der Waals surface area (Å²) >= 11 is 0.